The SMILES string of the molecule is CCNC(=NCc1ccccc1OC1CCC1)NCCNC(=O)C1CC1. The van der Waals surface area contributed by atoms with Gasteiger partial charge in [0.25, 0.3) is 0 Å². The van der Waals surface area contributed by atoms with Crippen molar-refractivity contribution in [3.63, 3.8) is 0 Å². The van der Waals surface area contributed by atoms with E-state index in [1.165, 1.54) is 6.42 Å². The zero-order chi connectivity index (χ0) is 18.2. The zero-order valence-corrected chi connectivity index (χ0v) is 15.6. The molecule has 0 atom stereocenters. The van der Waals surface area contributed by atoms with Crippen molar-refractivity contribution in [2.75, 3.05) is 19.6 Å². The van der Waals surface area contributed by atoms with E-state index >= 15 is 0 Å². The van der Waals surface area contributed by atoms with Crippen LogP contribution in [0.4, 0.5) is 0 Å². The van der Waals surface area contributed by atoms with Crippen LogP contribution in [0.15, 0.2) is 29.3 Å². The van der Waals surface area contributed by atoms with Crippen LogP contribution in [-0.2, 0) is 11.3 Å². The first-order valence-electron chi connectivity index (χ1n) is 9.80. The van der Waals surface area contributed by atoms with E-state index in [2.05, 4.69) is 27.0 Å². The number of para-hydroxylation sites is 1. The number of benzene rings is 1. The topological polar surface area (TPSA) is 74.8 Å². The van der Waals surface area contributed by atoms with Gasteiger partial charge in [0.05, 0.1) is 12.6 Å². The molecule has 0 saturated heterocycles. The Balaban J connectivity index is 1.48. The quantitative estimate of drug-likeness (QED) is 0.359. The number of rotatable bonds is 9. The van der Waals surface area contributed by atoms with E-state index in [1.54, 1.807) is 0 Å². The molecule has 0 bridgehead atoms. The fourth-order valence-electron chi connectivity index (χ4n) is 2.78. The maximum absolute atomic E-state index is 11.6. The van der Waals surface area contributed by atoms with E-state index < -0.39 is 0 Å². The van der Waals surface area contributed by atoms with Crippen molar-refractivity contribution in [2.45, 2.75) is 51.7 Å². The third-order valence-electron chi connectivity index (χ3n) is 4.73. The second-order valence-electron chi connectivity index (χ2n) is 6.97. The minimum absolute atomic E-state index is 0.177. The average molecular weight is 358 g/mol. The van der Waals surface area contributed by atoms with Gasteiger partial charge in [-0.25, -0.2) is 4.99 Å². The Labute approximate surface area is 155 Å². The number of guanidine groups is 1. The van der Waals surface area contributed by atoms with Gasteiger partial charge >= 0.3 is 0 Å². The van der Waals surface area contributed by atoms with Crippen molar-refractivity contribution >= 4 is 11.9 Å². The molecule has 0 spiro atoms. The molecule has 142 valence electrons. The molecule has 26 heavy (non-hydrogen) atoms. The van der Waals surface area contributed by atoms with Gasteiger partial charge in [0.15, 0.2) is 5.96 Å². The Bertz CT molecular complexity index is 624. The van der Waals surface area contributed by atoms with E-state index in [0.717, 1.165) is 49.5 Å². The lowest BCUT2D eigenvalue weighted by Gasteiger charge is -2.27. The molecule has 1 aromatic carbocycles. The van der Waals surface area contributed by atoms with Gasteiger partial charge in [-0.3, -0.25) is 4.79 Å². The van der Waals surface area contributed by atoms with Crippen LogP contribution in [0.3, 0.4) is 0 Å². The molecule has 6 heteroatoms. The predicted molar refractivity (Wildman–Crippen MR) is 103 cm³/mol. The molecule has 6 nitrogen and oxygen atoms in total. The number of hydrogen-bond donors (Lipinski definition) is 3. The summed E-state index contributed by atoms with van der Waals surface area (Å²) in [5.74, 6) is 2.12. The summed E-state index contributed by atoms with van der Waals surface area (Å²) >= 11 is 0. The van der Waals surface area contributed by atoms with Gasteiger partial charge in [-0.2, -0.15) is 0 Å². The number of hydrogen-bond acceptors (Lipinski definition) is 3. The summed E-state index contributed by atoms with van der Waals surface area (Å²) in [6, 6.07) is 8.12. The second kappa shape index (κ2) is 9.46. The summed E-state index contributed by atoms with van der Waals surface area (Å²) in [5, 5.41) is 9.47. The number of aliphatic imine (C=N–C) groups is 1. The van der Waals surface area contributed by atoms with Gasteiger partial charge in [0.1, 0.15) is 5.75 Å². The summed E-state index contributed by atoms with van der Waals surface area (Å²) in [6.07, 6.45) is 5.98. The second-order valence-corrected chi connectivity index (χ2v) is 6.97. The van der Waals surface area contributed by atoms with Crippen molar-refractivity contribution in [3.05, 3.63) is 29.8 Å². The van der Waals surface area contributed by atoms with Gasteiger partial charge in [0, 0.05) is 31.1 Å². The molecule has 0 aliphatic heterocycles. The summed E-state index contributed by atoms with van der Waals surface area (Å²) in [4.78, 5) is 16.3. The maximum Gasteiger partial charge on any atom is 0.223 e. The lowest BCUT2D eigenvalue weighted by molar-refractivity contribution is -0.122. The molecule has 0 unspecified atom stereocenters. The molecule has 3 rings (SSSR count). The highest BCUT2D eigenvalue weighted by Gasteiger charge is 2.28. The van der Waals surface area contributed by atoms with Crippen molar-refractivity contribution in [1.82, 2.24) is 16.0 Å². The number of nitrogens with zero attached hydrogens (tertiary/aromatic N) is 1. The van der Waals surface area contributed by atoms with Crippen molar-refractivity contribution in [2.24, 2.45) is 10.9 Å². The van der Waals surface area contributed by atoms with Crippen molar-refractivity contribution in [1.29, 1.82) is 0 Å². The van der Waals surface area contributed by atoms with E-state index in [0.29, 0.717) is 25.7 Å². The monoisotopic (exact) mass is 358 g/mol. The Kier molecular flexibility index (Phi) is 6.75. The fourth-order valence-corrected chi connectivity index (χ4v) is 2.78. The first kappa shape index (κ1) is 18.5. The molecule has 1 aromatic rings. The molecule has 2 aliphatic rings. The number of carbonyl (C=O) groups excluding carboxylic acids is 1. The number of nitrogens with one attached hydrogen (secondary N) is 3. The molecule has 2 fully saturated rings. The van der Waals surface area contributed by atoms with Crippen LogP contribution < -0.4 is 20.7 Å². The summed E-state index contributed by atoms with van der Waals surface area (Å²) in [7, 11) is 0. The van der Waals surface area contributed by atoms with Crippen molar-refractivity contribution < 1.29 is 9.53 Å². The van der Waals surface area contributed by atoms with Crippen LogP contribution >= 0.6 is 0 Å². The standard InChI is InChI=1S/C20H30N4O2/c1-2-21-20(23-13-12-22-19(25)15-10-11-15)24-14-16-6-3-4-9-18(16)26-17-7-5-8-17/h3-4,6,9,15,17H,2,5,7-8,10-14H2,1H3,(H,22,25)(H2,21,23,24). The van der Waals surface area contributed by atoms with E-state index in [1.807, 2.05) is 25.1 Å². The highest BCUT2D eigenvalue weighted by Crippen LogP contribution is 2.29. The predicted octanol–water partition coefficient (Wildman–Crippen LogP) is 2.20. The Morgan fingerprint density at radius 3 is 2.58 bits per heavy atom. The van der Waals surface area contributed by atoms with Crippen LogP contribution in [-0.4, -0.2) is 37.6 Å². The van der Waals surface area contributed by atoms with E-state index in [-0.39, 0.29) is 11.8 Å². The highest BCUT2D eigenvalue weighted by atomic mass is 16.5. The number of carbonyl (C=O) groups is 1. The van der Waals surface area contributed by atoms with Gasteiger partial charge < -0.3 is 20.7 Å². The molecule has 2 aliphatic carbocycles. The molecular weight excluding hydrogens is 328 g/mol. The minimum Gasteiger partial charge on any atom is -0.490 e. The van der Waals surface area contributed by atoms with Gasteiger partial charge in [-0.1, -0.05) is 18.2 Å². The van der Waals surface area contributed by atoms with Crippen LogP contribution in [0.5, 0.6) is 5.75 Å². The van der Waals surface area contributed by atoms with E-state index in [4.69, 9.17) is 4.74 Å². The summed E-state index contributed by atoms with van der Waals surface area (Å²) in [5.41, 5.74) is 1.10. The smallest absolute Gasteiger partial charge is 0.223 e. The van der Waals surface area contributed by atoms with Gasteiger partial charge in [0.2, 0.25) is 5.91 Å². The number of ether oxygens (including phenoxy) is 1. The van der Waals surface area contributed by atoms with Gasteiger partial charge in [-0.05, 0) is 45.1 Å². The molecule has 1 amide bonds. The Morgan fingerprint density at radius 2 is 1.88 bits per heavy atom. The zero-order valence-electron chi connectivity index (χ0n) is 15.6. The minimum atomic E-state index is 0.177. The largest absolute Gasteiger partial charge is 0.490 e. The molecule has 2 saturated carbocycles. The van der Waals surface area contributed by atoms with Gasteiger partial charge in [-0.15, -0.1) is 0 Å². The normalized spacial score (nSPS) is 17.3. The average Bonchev–Trinajstić information content (AvgIpc) is 3.45. The van der Waals surface area contributed by atoms with Crippen molar-refractivity contribution in [3.8, 4) is 5.75 Å². The third-order valence-corrected chi connectivity index (χ3v) is 4.73. The Morgan fingerprint density at radius 1 is 1.12 bits per heavy atom. The van der Waals surface area contributed by atoms with E-state index in [9.17, 15) is 4.79 Å². The fraction of sp³-hybridized carbons (Fsp3) is 0.600. The summed E-state index contributed by atoms with van der Waals surface area (Å²) in [6.45, 7) is 4.67. The molecular formula is C20H30N4O2. The molecule has 0 radical (unpaired) electrons. The Hall–Kier alpha value is -2.24. The molecule has 0 aromatic heterocycles. The third kappa shape index (κ3) is 5.64. The number of amides is 1. The lowest BCUT2D eigenvalue weighted by Crippen LogP contribution is -2.41. The lowest BCUT2D eigenvalue weighted by atomic mass is 9.96. The van der Waals surface area contributed by atoms with Crippen LogP contribution in [0.1, 0.15) is 44.6 Å². The first-order chi connectivity index (χ1) is 12.8. The summed E-state index contributed by atoms with van der Waals surface area (Å²) < 4.78 is 6.07. The molecule has 0 heterocycles. The molecule has 3 N–H and O–H groups in total. The first-order valence-corrected chi connectivity index (χ1v) is 9.80. The van der Waals surface area contributed by atoms with Crippen LogP contribution in [0.25, 0.3) is 0 Å². The highest BCUT2D eigenvalue weighted by molar-refractivity contribution is 5.81. The van der Waals surface area contributed by atoms with Crippen LogP contribution in [0.2, 0.25) is 0 Å². The van der Waals surface area contributed by atoms with Crippen LogP contribution in [0, 0.1) is 5.92 Å². The maximum atomic E-state index is 11.6.